The summed E-state index contributed by atoms with van der Waals surface area (Å²) in [4.78, 5) is 13.4. The molecule has 0 fully saturated rings. The van der Waals surface area contributed by atoms with Gasteiger partial charge in [-0.25, -0.2) is 0 Å². The number of nitrogens with zero attached hydrogens (tertiary/aromatic N) is 2. The lowest BCUT2D eigenvalue weighted by atomic mass is 10.0. The lowest BCUT2D eigenvalue weighted by Gasteiger charge is -2.18. The van der Waals surface area contributed by atoms with Crippen LogP contribution in [-0.2, 0) is 4.79 Å². The lowest BCUT2D eigenvalue weighted by Crippen LogP contribution is -2.15. The number of halogens is 1. The molecule has 1 amide bonds. The van der Waals surface area contributed by atoms with Gasteiger partial charge in [0.1, 0.15) is 11.4 Å². The number of carbonyl (C=O) groups is 1. The number of carbonyl (C=O) groups excluding carboxylic acids is 1. The Bertz CT molecular complexity index is 885. The van der Waals surface area contributed by atoms with E-state index in [9.17, 15) is 4.79 Å². The quantitative estimate of drug-likeness (QED) is 0.550. The van der Waals surface area contributed by atoms with Crippen LogP contribution in [0.4, 0.5) is 11.4 Å². The van der Waals surface area contributed by atoms with Crippen molar-refractivity contribution in [2.75, 3.05) is 4.90 Å². The first kappa shape index (κ1) is 17.2. The van der Waals surface area contributed by atoms with Crippen molar-refractivity contribution in [2.45, 2.75) is 26.7 Å². The number of amides is 1. The van der Waals surface area contributed by atoms with Crippen LogP contribution in [0.2, 0.25) is 5.02 Å². The molecule has 0 aliphatic rings. The summed E-state index contributed by atoms with van der Waals surface area (Å²) in [5, 5.41) is 4.68. The second kappa shape index (κ2) is 7.11. The molecule has 0 saturated carbocycles. The topological polar surface area (TPSA) is 46.3 Å². The molecule has 0 aliphatic heterocycles. The first-order chi connectivity index (χ1) is 12.0. The predicted octanol–water partition coefficient (Wildman–Crippen LogP) is 5.72. The van der Waals surface area contributed by atoms with E-state index in [1.54, 1.807) is 13.0 Å². The molecule has 0 N–H and O–H groups in total. The summed E-state index contributed by atoms with van der Waals surface area (Å²) < 4.78 is 5.36. The largest absolute Gasteiger partial charge is 0.359 e. The van der Waals surface area contributed by atoms with E-state index in [2.05, 4.69) is 19.0 Å². The molecular weight excluding hydrogens is 336 g/mol. The highest BCUT2D eigenvalue weighted by molar-refractivity contribution is 6.33. The molecule has 3 aromatic rings. The van der Waals surface area contributed by atoms with Crippen molar-refractivity contribution in [3.8, 4) is 11.3 Å². The molecule has 0 bridgehead atoms. The SMILES string of the molecule is Cc1onc(-c2ccccc2Cl)c1N(C=O)c1ccc(C(C)C)cc1. The van der Waals surface area contributed by atoms with Crippen molar-refractivity contribution in [1.82, 2.24) is 5.16 Å². The molecule has 0 spiro atoms. The summed E-state index contributed by atoms with van der Waals surface area (Å²) in [6, 6.07) is 15.3. The Morgan fingerprint density at radius 2 is 1.80 bits per heavy atom. The second-order valence-electron chi connectivity index (χ2n) is 6.14. The molecule has 0 aliphatic carbocycles. The number of hydrogen-bond acceptors (Lipinski definition) is 3. The molecule has 5 heteroatoms. The molecule has 0 unspecified atom stereocenters. The van der Waals surface area contributed by atoms with Gasteiger partial charge in [-0.05, 0) is 36.6 Å². The van der Waals surface area contributed by atoms with Crippen LogP contribution in [0.3, 0.4) is 0 Å². The Labute approximate surface area is 152 Å². The van der Waals surface area contributed by atoms with E-state index in [4.69, 9.17) is 16.1 Å². The molecule has 4 nitrogen and oxygen atoms in total. The van der Waals surface area contributed by atoms with Gasteiger partial charge in [0.25, 0.3) is 0 Å². The van der Waals surface area contributed by atoms with Crippen LogP contribution in [-0.4, -0.2) is 11.6 Å². The summed E-state index contributed by atoms with van der Waals surface area (Å²) in [7, 11) is 0. The van der Waals surface area contributed by atoms with E-state index in [0.29, 0.717) is 28.1 Å². The van der Waals surface area contributed by atoms with Crippen LogP contribution in [0.25, 0.3) is 11.3 Å². The van der Waals surface area contributed by atoms with E-state index >= 15 is 0 Å². The standard InChI is InChI=1S/C20H19ClN2O2/c1-13(2)15-8-10-16(11-9-15)23(12-24)20-14(3)25-22-19(20)17-6-4-5-7-18(17)21/h4-13H,1-3H3. The van der Waals surface area contributed by atoms with Gasteiger partial charge in [0.05, 0.1) is 5.02 Å². The number of aryl methyl sites for hydroxylation is 1. The zero-order chi connectivity index (χ0) is 18.0. The number of benzene rings is 2. The maximum absolute atomic E-state index is 11.9. The Balaban J connectivity index is 2.09. The van der Waals surface area contributed by atoms with Crippen LogP contribution in [0, 0.1) is 6.92 Å². The maximum Gasteiger partial charge on any atom is 0.218 e. The van der Waals surface area contributed by atoms with Gasteiger partial charge in [-0.15, -0.1) is 0 Å². The smallest absolute Gasteiger partial charge is 0.218 e. The van der Waals surface area contributed by atoms with Crippen LogP contribution in [0.15, 0.2) is 53.1 Å². The van der Waals surface area contributed by atoms with E-state index in [1.165, 1.54) is 10.5 Å². The second-order valence-corrected chi connectivity index (χ2v) is 6.54. The predicted molar refractivity (Wildman–Crippen MR) is 100 cm³/mol. The van der Waals surface area contributed by atoms with Gasteiger partial charge in [-0.3, -0.25) is 9.69 Å². The van der Waals surface area contributed by atoms with Gasteiger partial charge in [0, 0.05) is 11.3 Å². The van der Waals surface area contributed by atoms with Crippen molar-refractivity contribution < 1.29 is 9.32 Å². The summed E-state index contributed by atoms with van der Waals surface area (Å²) >= 11 is 6.30. The number of aromatic nitrogens is 1. The van der Waals surface area contributed by atoms with Crippen molar-refractivity contribution in [3.63, 3.8) is 0 Å². The summed E-state index contributed by atoms with van der Waals surface area (Å²) in [6.45, 7) is 6.04. The molecule has 0 saturated heterocycles. The highest BCUT2D eigenvalue weighted by Gasteiger charge is 2.23. The highest BCUT2D eigenvalue weighted by atomic mass is 35.5. The molecule has 1 heterocycles. The van der Waals surface area contributed by atoms with Crippen molar-refractivity contribution in [2.24, 2.45) is 0 Å². The molecule has 3 rings (SSSR count). The van der Waals surface area contributed by atoms with E-state index in [0.717, 1.165) is 17.7 Å². The Kier molecular flexibility index (Phi) is 4.91. The Morgan fingerprint density at radius 3 is 2.40 bits per heavy atom. The van der Waals surface area contributed by atoms with Gasteiger partial charge < -0.3 is 4.52 Å². The minimum Gasteiger partial charge on any atom is -0.359 e. The van der Waals surface area contributed by atoms with E-state index in [-0.39, 0.29) is 0 Å². The monoisotopic (exact) mass is 354 g/mol. The zero-order valence-corrected chi connectivity index (χ0v) is 15.1. The normalized spacial score (nSPS) is 10.9. The molecule has 25 heavy (non-hydrogen) atoms. The summed E-state index contributed by atoms with van der Waals surface area (Å²) in [6.07, 6.45) is 0.768. The molecule has 2 aromatic carbocycles. The fourth-order valence-corrected chi connectivity index (χ4v) is 2.97. The van der Waals surface area contributed by atoms with Crippen LogP contribution in [0.5, 0.6) is 0 Å². The average Bonchev–Trinajstić information content (AvgIpc) is 2.98. The Hall–Kier alpha value is -2.59. The maximum atomic E-state index is 11.9. The van der Waals surface area contributed by atoms with Crippen LogP contribution >= 0.6 is 11.6 Å². The average molecular weight is 355 g/mol. The van der Waals surface area contributed by atoms with Crippen molar-refractivity contribution in [3.05, 3.63) is 64.9 Å². The first-order valence-electron chi connectivity index (χ1n) is 8.08. The van der Waals surface area contributed by atoms with E-state index < -0.39 is 0 Å². The third kappa shape index (κ3) is 3.30. The molecular formula is C20H19ClN2O2. The fourth-order valence-electron chi connectivity index (χ4n) is 2.74. The Morgan fingerprint density at radius 1 is 1.12 bits per heavy atom. The third-order valence-electron chi connectivity index (χ3n) is 4.14. The highest BCUT2D eigenvalue weighted by Crippen LogP contribution is 2.39. The van der Waals surface area contributed by atoms with Gasteiger partial charge in [-0.2, -0.15) is 0 Å². The molecule has 128 valence electrons. The third-order valence-corrected chi connectivity index (χ3v) is 4.47. The van der Waals surface area contributed by atoms with Crippen molar-refractivity contribution in [1.29, 1.82) is 0 Å². The fraction of sp³-hybridized carbons (Fsp3) is 0.200. The summed E-state index contributed by atoms with van der Waals surface area (Å²) in [5.74, 6) is 0.977. The zero-order valence-electron chi connectivity index (χ0n) is 14.4. The van der Waals surface area contributed by atoms with Crippen LogP contribution in [0.1, 0.15) is 31.1 Å². The number of anilines is 2. The summed E-state index contributed by atoms with van der Waals surface area (Å²) in [5.41, 5.74) is 3.83. The molecule has 0 atom stereocenters. The van der Waals surface area contributed by atoms with Gasteiger partial charge in [-0.1, -0.05) is 60.9 Å². The first-order valence-corrected chi connectivity index (χ1v) is 8.46. The minimum absolute atomic E-state index is 0.426. The number of rotatable bonds is 5. The minimum atomic E-state index is 0.426. The number of hydrogen-bond donors (Lipinski definition) is 0. The van der Waals surface area contributed by atoms with Crippen molar-refractivity contribution >= 4 is 29.4 Å². The lowest BCUT2D eigenvalue weighted by molar-refractivity contribution is -0.106. The molecule has 0 radical (unpaired) electrons. The van der Waals surface area contributed by atoms with Gasteiger partial charge in [0.15, 0.2) is 5.76 Å². The van der Waals surface area contributed by atoms with Gasteiger partial charge >= 0.3 is 0 Å². The van der Waals surface area contributed by atoms with Gasteiger partial charge in [0.2, 0.25) is 6.41 Å². The van der Waals surface area contributed by atoms with E-state index in [1.807, 2.05) is 42.5 Å². The van der Waals surface area contributed by atoms with Crippen LogP contribution < -0.4 is 4.90 Å². The molecule has 1 aromatic heterocycles.